The summed E-state index contributed by atoms with van der Waals surface area (Å²) in [5.41, 5.74) is -0.0232. The number of hydrogen-bond acceptors (Lipinski definition) is 3. The molecule has 0 atom stereocenters. The molecule has 2 aromatic rings. The van der Waals surface area contributed by atoms with Crippen LogP contribution in [0, 0.1) is 11.6 Å². The van der Waals surface area contributed by atoms with Crippen molar-refractivity contribution in [3.63, 3.8) is 0 Å². The van der Waals surface area contributed by atoms with E-state index < -0.39 is 32.4 Å². The molecule has 2 aromatic carbocycles. The summed E-state index contributed by atoms with van der Waals surface area (Å²) < 4.78 is 56.8. The second-order valence-corrected chi connectivity index (χ2v) is 5.35. The summed E-state index contributed by atoms with van der Waals surface area (Å²) in [6, 6.07) is 7.15. The first-order chi connectivity index (χ1) is 9.29. The molecule has 0 aliphatic rings. The third-order valence-electron chi connectivity index (χ3n) is 2.58. The molecular formula is C13H8F2O4S. The van der Waals surface area contributed by atoms with Crippen LogP contribution < -0.4 is 0 Å². The van der Waals surface area contributed by atoms with Crippen molar-refractivity contribution in [1.29, 1.82) is 0 Å². The molecule has 1 N–H and O–H groups in total. The first-order valence-electron chi connectivity index (χ1n) is 5.36. The highest BCUT2D eigenvalue weighted by atomic mass is 32.2. The van der Waals surface area contributed by atoms with Crippen LogP contribution >= 0.6 is 0 Å². The Morgan fingerprint density at radius 1 is 0.950 bits per heavy atom. The zero-order valence-corrected chi connectivity index (χ0v) is 10.7. The number of halogens is 2. The molecule has 0 aliphatic heterocycles. The predicted octanol–water partition coefficient (Wildman–Crippen LogP) is 2.44. The zero-order chi connectivity index (χ0) is 14.9. The van der Waals surface area contributed by atoms with Crippen LogP contribution in [-0.2, 0) is 10.1 Å². The van der Waals surface area contributed by atoms with Gasteiger partial charge < -0.3 is 0 Å². The highest BCUT2D eigenvalue weighted by Crippen LogP contribution is 2.18. The maximum absolute atomic E-state index is 13.3. The number of rotatable bonds is 3. The van der Waals surface area contributed by atoms with E-state index in [-0.39, 0.29) is 11.1 Å². The van der Waals surface area contributed by atoms with E-state index in [1.807, 2.05) is 0 Å². The maximum atomic E-state index is 13.3. The van der Waals surface area contributed by atoms with Gasteiger partial charge in [0.1, 0.15) is 16.5 Å². The fourth-order valence-corrected chi connectivity index (χ4v) is 2.20. The lowest BCUT2D eigenvalue weighted by atomic mass is 10.0. The molecule has 104 valence electrons. The summed E-state index contributed by atoms with van der Waals surface area (Å²) in [6.45, 7) is 0. The van der Waals surface area contributed by atoms with Crippen LogP contribution in [0.3, 0.4) is 0 Å². The van der Waals surface area contributed by atoms with Gasteiger partial charge in [-0.15, -0.1) is 0 Å². The van der Waals surface area contributed by atoms with Crippen molar-refractivity contribution in [1.82, 2.24) is 0 Å². The molecule has 0 fully saturated rings. The van der Waals surface area contributed by atoms with E-state index in [1.165, 1.54) is 12.1 Å². The molecule has 0 spiro atoms. The van der Waals surface area contributed by atoms with Crippen LogP contribution in [-0.4, -0.2) is 18.8 Å². The average Bonchev–Trinajstić information content (AvgIpc) is 2.38. The van der Waals surface area contributed by atoms with Crippen LogP contribution in [0.4, 0.5) is 8.78 Å². The Bertz CT molecular complexity index is 767. The monoisotopic (exact) mass is 298 g/mol. The van der Waals surface area contributed by atoms with Crippen molar-refractivity contribution in [3.8, 4) is 0 Å². The Morgan fingerprint density at radius 2 is 1.50 bits per heavy atom. The van der Waals surface area contributed by atoms with Crippen molar-refractivity contribution in [2.45, 2.75) is 4.90 Å². The first-order valence-corrected chi connectivity index (χ1v) is 6.80. The Morgan fingerprint density at radius 3 is 2.05 bits per heavy atom. The van der Waals surface area contributed by atoms with Gasteiger partial charge in [0.25, 0.3) is 10.1 Å². The smallest absolute Gasteiger partial charge is 0.289 e. The molecule has 0 unspecified atom stereocenters. The molecule has 0 aromatic heterocycles. The summed E-state index contributed by atoms with van der Waals surface area (Å²) in [4.78, 5) is 11.0. The molecule has 0 radical (unpaired) electrons. The quantitative estimate of drug-likeness (QED) is 0.698. The van der Waals surface area contributed by atoms with Gasteiger partial charge in [0.05, 0.1) is 0 Å². The second-order valence-electron chi connectivity index (χ2n) is 3.96. The van der Waals surface area contributed by atoms with Crippen molar-refractivity contribution < 1.29 is 26.5 Å². The fourth-order valence-electron chi connectivity index (χ4n) is 1.61. The van der Waals surface area contributed by atoms with Crippen LogP contribution in [0.1, 0.15) is 15.9 Å². The van der Waals surface area contributed by atoms with E-state index in [0.717, 1.165) is 30.3 Å². The topological polar surface area (TPSA) is 71.4 Å². The molecule has 0 saturated carbocycles. The van der Waals surface area contributed by atoms with Gasteiger partial charge in [-0.05, 0) is 42.5 Å². The second kappa shape index (κ2) is 5.10. The SMILES string of the molecule is O=C(c1ccc(F)cc1)c1ccc(F)c(S(=O)(=O)O)c1. The van der Waals surface area contributed by atoms with E-state index in [2.05, 4.69) is 0 Å². The first kappa shape index (κ1) is 14.3. The predicted molar refractivity (Wildman–Crippen MR) is 66.0 cm³/mol. The number of carbonyl (C=O) groups excluding carboxylic acids is 1. The van der Waals surface area contributed by atoms with Crippen LogP contribution in [0.25, 0.3) is 0 Å². The number of benzene rings is 2. The van der Waals surface area contributed by atoms with Crippen molar-refractivity contribution in [3.05, 3.63) is 65.2 Å². The maximum Gasteiger partial charge on any atom is 0.297 e. The van der Waals surface area contributed by atoms with Gasteiger partial charge in [0.15, 0.2) is 5.78 Å². The van der Waals surface area contributed by atoms with Gasteiger partial charge >= 0.3 is 0 Å². The van der Waals surface area contributed by atoms with Gasteiger partial charge in [-0.2, -0.15) is 8.42 Å². The van der Waals surface area contributed by atoms with E-state index in [9.17, 15) is 22.0 Å². The van der Waals surface area contributed by atoms with Gasteiger partial charge in [0, 0.05) is 11.1 Å². The van der Waals surface area contributed by atoms with E-state index in [4.69, 9.17) is 4.55 Å². The summed E-state index contributed by atoms with van der Waals surface area (Å²) in [5.74, 6) is -2.31. The van der Waals surface area contributed by atoms with E-state index in [1.54, 1.807) is 0 Å². The average molecular weight is 298 g/mol. The summed E-state index contributed by atoms with van der Waals surface area (Å²) in [6.07, 6.45) is 0. The Kier molecular flexibility index (Phi) is 3.65. The van der Waals surface area contributed by atoms with Crippen molar-refractivity contribution >= 4 is 15.9 Å². The molecule has 0 bridgehead atoms. The molecule has 4 nitrogen and oxygen atoms in total. The zero-order valence-electron chi connectivity index (χ0n) is 9.88. The van der Waals surface area contributed by atoms with Crippen LogP contribution in [0.5, 0.6) is 0 Å². The van der Waals surface area contributed by atoms with E-state index >= 15 is 0 Å². The molecule has 20 heavy (non-hydrogen) atoms. The molecule has 0 amide bonds. The Hall–Kier alpha value is -2.12. The highest BCUT2D eigenvalue weighted by molar-refractivity contribution is 7.85. The highest BCUT2D eigenvalue weighted by Gasteiger charge is 2.19. The molecule has 0 aliphatic carbocycles. The minimum Gasteiger partial charge on any atom is -0.289 e. The molecule has 0 heterocycles. The lowest BCUT2D eigenvalue weighted by molar-refractivity contribution is 0.103. The minimum atomic E-state index is -4.77. The Balaban J connectivity index is 2.49. The lowest BCUT2D eigenvalue weighted by Crippen LogP contribution is -2.06. The van der Waals surface area contributed by atoms with E-state index in [0.29, 0.717) is 0 Å². The third kappa shape index (κ3) is 2.89. The third-order valence-corrected chi connectivity index (χ3v) is 3.45. The standard InChI is InChI=1S/C13H8F2O4S/c14-10-4-1-8(2-5-10)13(16)9-3-6-11(15)12(7-9)20(17,18)19/h1-7H,(H,17,18,19). The Labute approximate surface area is 113 Å². The largest absolute Gasteiger partial charge is 0.297 e. The summed E-state index contributed by atoms with van der Waals surface area (Å²) in [5, 5.41) is 0. The van der Waals surface area contributed by atoms with Crippen molar-refractivity contribution in [2.24, 2.45) is 0 Å². The van der Waals surface area contributed by atoms with Gasteiger partial charge in [-0.3, -0.25) is 9.35 Å². The van der Waals surface area contributed by atoms with Crippen LogP contribution in [0.2, 0.25) is 0 Å². The molecule has 2 rings (SSSR count). The van der Waals surface area contributed by atoms with Crippen LogP contribution in [0.15, 0.2) is 47.4 Å². The minimum absolute atomic E-state index is 0.110. The molecule has 7 heteroatoms. The normalized spacial score (nSPS) is 11.3. The summed E-state index contributed by atoms with van der Waals surface area (Å²) in [7, 11) is -4.77. The van der Waals surface area contributed by atoms with Gasteiger partial charge in [-0.1, -0.05) is 0 Å². The van der Waals surface area contributed by atoms with Crippen molar-refractivity contribution in [2.75, 3.05) is 0 Å². The summed E-state index contributed by atoms with van der Waals surface area (Å²) >= 11 is 0. The molecule has 0 saturated heterocycles. The van der Waals surface area contributed by atoms with Gasteiger partial charge in [0.2, 0.25) is 0 Å². The number of hydrogen-bond donors (Lipinski definition) is 1. The fraction of sp³-hybridized carbons (Fsp3) is 0. The van der Waals surface area contributed by atoms with Gasteiger partial charge in [-0.25, -0.2) is 8.78 Å². The molecular weight excluding hydrogens is 290 g/mol. The lowest BCUT2D eigenvalue weighted by Gasteiger charge is -2.04. The number of ketones is 1. The number of carbonyl (C=O) groups is 1.